The molecule has 0 heterocycles. The van der Waals surface area contributed by atoms with Crippen LogP contribution in [0.15, 0.2) is 224 Å². The largest absolute Gasteiger partial charge is 0.311 e. The fraction of sp³-hybridized carbons (Fsp3) is 0.0526. The van der Waals surface area contributed by atoms with Crippen molar-refractivity contribution in [1.29, 1.82) is 0 Å². The molecular weight excluding hydrogens is 762 g/mol. The number of halogens is 1. The highest BCUT2D eigenvalue weighted by Gasteiger charge is 2.16. The van der Waals surface area contributed by atoms with Gasteiger partial charge in [0.15, 0.2) is 0 Å². The monoisotopic (exact) mass is 807 g/mol. The third kappa shape index (κ3) is 8.70. The van der Waals surface area contributed by atoms with Crippen molar-refractivity contribution in [2.24, 2.45) is 0 Å². The normalized spacial score (nSPS) is 11.0. The first-order valence-corrected chi connectivity index (χ1v) is 21.1. The number of benzene rings is 9. The molecule has 0 saturated carbocycles. The maximum absolute atomic E-state index is 6.38. The lowest BCUT2D eigenvalue weighted by molar-refractivity contribution is 1.27. The fourth-order valence-corrected chi connectivity index (χ4v) is 7.93. The van der Waals surface area contributed by atoms with Gasteiger partial charge in [-0.1, -0.05) is 131 Å². The predicted molar refractivity (Wildman–Crippen MR) is 261 cm³/mol. The van der Waals surface area contributed by atoms with Gasteiger partial charge in [0.1, 0.15) is 0 Å². The summed E-state index contributed by atoms with van der Waals surface area (Å²) < 4.78 is 0. The third-order valence-corrected chi connectivity index (χ3v) is 11.4. The molecule has 0 fully saturated rings. The smallest absolute Gasteiger partial charge is 0.0462 e. The average Bonchev–Trinajstić information content (AvgIpc) is 3.31. The molecule has 0 spiro atoms. The summed E-state index contributed by atoms with van der Waals surface area (Å²) in [6.45, 7) is 6.37. The van der Waals surface area contributed by atoms with Crippen LogP contribution in [-0.4, -0.2) is 0 Å². The summed E-state index contributed by atoms with van der Waals surface area (Å²) in [4.78, 5) is 6.88. The lowest BCUT2D eigenvalue weighted by Gasteiger charge is -2.26. The van der Waals surface area contributed by atoms with E-state index in [1.165, 1.54) is 16.7 Å². The number of hydrogen-bond acceptors (Lipinski definition) is 3. The fourth-order valence-electron chi connectivity index (χ4n) is 7.80. The second kappa shape index (κ2) is 17.5. The molecule has 61 heavy (non-hydrogen) atoms. The van der Waals surface area contributed by atoms with E-state index in [2.05, 4.69) is 248 Å². The van der Waals surface area contributed by atoms with E-state index in [0.717, 1.165) is 73.4 Å². The maximum atomic E-state index is 6.38. The Morgan fingerprint density at radius 1 is 0.230 bits per heavy atom. The molecule has 0 aliphatic heterocycles. The van der Waals surface area contributed by atoms with Gasteiger partial charge in [0.2, 0.25) is 0 Å². The van der Waals surface area contributed by atoms with Crippen LogP contribution < -0.4 is 14.7 Å². The zero-order valence-electron chi connectivity index (χ0n) is 34.6. The van der Waals surface area contributed by atoms with Crippen molar-refractivity contribution >= 4 is 62.8 Å². The highest BCUT2D eigenvalue weighted by Crippen LogP contribution is 2.40. The molecule has 0 bridgehead atoms. The molecule has 0 saturated heterocycles. The van der Waals surface area contributed by atoms with Gasteiger partial charge in [0, 0.05) is 56.2 Å². The molecule has 4 heteroatoms. The Morgan fingerprint density at radius 2 is 0.426 bits per heavy atom. The second-order valence-corrected chi connectivity index (χ2v) is 15.9. The van der Waals surface area contributed by atoms with Gasteiger partial charge in [-0.05, 0) is 164 Å². The van der Waals surface area contributed by atoms with E-state index in [1.807, 2.05) is 12.1 Å². The minimum absolute atomic E-state index is 0.706. The first-order chi connectivity index (χ1) is 29.9. The predicted octanol–water partition coefficient (Wildman–Crippen LogP) is 17.0. The molecule has 0 N–H and O–H groups in total. The Hall–Kier alpha value is -7.33. The summed E-state index contributed by atoms with van der Waals surface area (Å²) in [6, 6.07) is 79.9. The summed E-state index contributed by atoms with van der Waals surface area (Å²) in [6.07, 6.45) is 0. The lowest BCUT2D eigenvalue weighted by atomic mass is 10.0. The first-order valence-electron chi connectivity index (χ1n) is 20.7. The van der Waals surface area contributed by atoms with Crippen LogP contribution in [0.3, 0.4) is 0 Å². The molecule has 9 aromatic carbocycles. The minimum Gasteiger partial charge on any atom is -0.311 e. The maximum Gasteiger partial charge on any atom is 0.0462 e. The van der Waals surface area contributed by atoms with Crippen LogP contribution in [0, 0.1) is 20.8 Å². The molecule has 0 radical (unpaired) electrons. The van der Waals surface area contributed by atoms with Gasteiger partial charge in [0.25, 0.3) is 0 Å². The molecule has 0 atom stereocenters. The van der Waals surface area contributed by atoms with E-state index in [4.69, 9.17) is 11.6 Å². The van der Waals surface area contributed by atoms with Crippen LogP contribution in [0.4, 0.5) is 51.2 Å². The minimum atomic E-state index is 0.706. The second-order valence-electron chi connectivity index (χ2n) is 15.5. The molecule has 296 valence electrons. The van der Waals surface area contributed by atoms with Crippen molar-refractivity contribution in [3.8, 4) is 22.3 Å². The van der Waals surface area contributed by atoms with Gasteiger partial charge in [-0.25, -0.2) is 0 Å². The first kappa shape index (κ1) is 39.1. The summed E-state index contributed by atoms with van der Waals surface area (Å²) >= 11 is 6.38. The van der Waals surface area contributed by atoms with Crippen molar-refractivity contribution in [2.75, 3.05) is 14.7 Å². The highest BCUT2D eigenvalue weighted by atomic mass is 35.5. The van der Waals surface area contributed by atoms with Crippen molar-refractivity contribution in [1.82, 2.24) is 0 Å². The number of para-hydroxylation sites is 1. The van der Waals surface area contributed by atoms with E-state index >= 15 is 0 Å². The third-order valence-electron chi connectivity index (χ3n) is 11.1. The molecule has 0 unspecified atom stereocenters. The van der Waals surface area contributed by atoms with Gasteiger partial charge in [-0.2, -0.15) is 0 Å². The molecule has 0 aromatic heterocycles. The number of rotatable bonds is 11. The van der Waals surface area contributed by atoms with Crippen LogP contribution in [0.2, 0.25) is 5.02 Å². The van der Waals surface area contributed by atoms with Gasteiger partial charge in [0.05, 0.1) is 0 Å². The molecular formula is C57H46ClN3. The molecule has 9 aromatic rings. The Kier molecular flexibility index (Phi) is 11.2. The van der Waals surface area contributed by atoms with Gasteiger partial charge in [-0.3, -0.25) is 0 Å². The summed E-state index contributed by atoms with van der Waals surface area (Å²) in [7, 11) is 0. The summed E-state index contributed by atoms with van der Waals surface area (Å²) in [5, 5.41) is 0.706. The Morgan fingerprint density at radius 3 is 0.672 bits per heavy atom. The van der Waals surface area contributed by atoms with E-state index in [9.17, 15) is 0 Å². The Labute approximate surface area is 365 Å². The highest BCUT2D eigenvalue weighted by molar-refractivity contribution is 6.30. The SMILES string of the molecule is Cc1ccc(N(c2ccccc2)c2ccc(-c3ccc(N(c4ccc(Cl)cc4)c4ccc(-c5ccc(N(c6ccc(C)cc6)c6ccc(C)cc6)cc5)cc4)cc3)cc2)cc1. The van der Waals surface area contributed by atoms with Gasteiger partial charge in [-0.15, -0.1) is 0 Å². The lowest BCUT2D eigenvalue weighted by Crippen LogP contribution is -2.10. The molecule has 3 nitrogen and oxygen atoms in total. The molecule has 0 aliphatic carbocycles. The number of anilines is 9. The van der Waals surface area contributed by atoms with Gasteiger partial charge >= 0.3 is 0 Å². The standard InChI is InChI=1S/C57H46ClN3/c1-41-9-25-50(26-10-41)59(49-7-5-4-6-8-49)53-31-15-44(16-32-53)46-19-35-55(36-20-46)61(57-39-23-48(58)24-40-57)56-37-21-47(22-38-56)45-17-33-54(34-18-45)60(51-27-11-42(2)12-28-51)52-29-13-43(3)14-30-52/h4-40H,1-3H3. The van der Waals surface area contributed by atoms with Gasteiger partial charge < -0.3 is 14.7 Å². The zero-order chi connectivity index (χ0) is 41.7. The number of aryl methyl sites for hydroxylation is 3. The zero-order valence-corrected chi connectivity index (χ0v) is 35.3. The van der Waals surface area contributed by atoms with Crippen LogP contribution in [-0.2, 0) is 0 Å². The van der Waals surface area contributed by atoms with Crippen LogP contribution in [0.5, 0.6) is 0 Å². The van der Waals surface area contributed by atoms with E-state index in [0.29, 0.717) is 5.02 Å². The molecule has 9 rings (SSSR count). The van der Waals surface area contributed by atoms with Crippen LogP contribution in [0.25, 0.3) is 22.3 Å². The number of hydrogen-bond donors (Lipinski definition) is 0. The van der Waals surface area contributed by atoms with E-state index in [1.54, 1.807) is 0 Å². The van der Waals surface area contributed by atoms with Crippen molar-refractivity contribution in [3.05, 3.63) is 246 Å². The van der Waals surface area contributed by atoms with Crippen molar-refractivity contribution < 1.29 is 0 Å². The van der Waals surface area contributed by atoms with Crippen LogP contribution >= 0.6 is 11.6 Å². The van der Waals surface area contributed by atoms with Crippen molar-refractivity contribution in [2.45, 2.75) is 20.8 Å². The quantitative estimate of drug-likeness (QED) is 0.129. The summed E-state index contributed by atoms with van der Waals surface area (Å²) in [5.74, 6) is 0. The van der Waals surface area contributed by atoms with E-state index in [-0.39, 0.29) is 0 Å². The van der Waals surface area contributed by atoms with Crippen molar-refractivity contribution in [3.63, 3.8) is 0 Å². The topological polar surface area (TPSA) is 9.72 Å². The molecule has 0 amide bonds. The Bertz CT molecular complexity index is 2770. The number of nitrogens with zero attached hydrogens (tertiary/aromatic N) is 3. The van der Waals surface area contributed by atoms with E-state index < -0.39 is 0 Å². The molecule has 0 aliphatic rings. The average molecular weight is 808 g/mol. The summed E-state index contributed by atoms with van der Waals surface area (Å²) in [5.41, 5.74) is 18.2. The Balaban J connectivity index is 0.979. The van der Waals surface area contributed by atoms with Crippen LogP contribution in [0.1, 0.15) is 16.7 Å².